The Bertz CT molecular complexity index is 557. The number of rotatable bonds is 4. The van der Waals surface area contributed by atoms with E-state index in [9.17, 15) is 21.6 Å². The molecular formula is C12H18F3N3O2S. The number of piperidine rings is 1. The number of alkyl halides is 3. The molecule has 1 aliphatic heterocycles. The minimum absolute atomic E-state index is 0.0157. The summed E-state index contributed by atoms with van der Waals surface area (Å²) in [5.74, 6) is -1.81. The quantitative estimate of drug-likeness (QED) is 0.849. The van der Waals surface area contributed by atoms with Crippen molar-refractivity contribution in [2.45, 2.75) is 38.5 Å². The van der Waals surface area contributed by atoms with E-state index in [-0.39, 0.29) is 31.7 Å². The fourth-order valence-corrected chi connectivity index (χ4v) is 4.44. The van der Waals surface area contributed by atoms with Crippen LogP contribution in [0.1, 0.15) is 19.8 Å². The highest BCUT2D eigenvalue weighted by molar-refractivity contribution is 7.89. The molecule has 0 N–H and O–H groups in total. The first-order chi connectivity index (χ1) is 9.72. The van der Waals surface area contributed by atoms with E-state index in [0.717, 1.165) is 4.31 Å². The van der Waals surface area contributed by atoms with Gasteiger partial charge in [0.05, 0.1) is 18.0 Å². The number of hydrogen-bond donors (Lipinski definition) is 0. The molecule has 1 aromatic heterocycles. The number of sulfonamides is 1. The number of aryl methyl sites for hydroxylation is 1. The molecule has 9 heteroatoms. The number of imidazole rings is 1. The molecule has 0 bridgehead atoms. The molecule has 1 fully saturated rings. The second kappa shape index (κ2) is 5.96. The average Bonchev–Trinajstić information content (AvgIpc) is 2.88. The highest BCUT2D eigenvalue weighted by Crippen LogP contribution is 2.38. The van der Waals surface area contributed by atoms with Gasteiger partial charge in [0.1, 0.15) is 0 Å². The van der Waals surface area contributed by atoms with Crippen LogP contribution in [0.3, 0.4) is 0 Å². The number of nitrogens with zero attached hydrogens (tertiary/aromatic N) is 3. The Kier molecular flexibility index (Phi) is 4.62. The largest absolute Gasteiger partial charge is 0.393 e. The van der Waals surface area contributed by atoms with Gasteiger partial charge in [0.15, 0.2) is 0 Å². The van der Waals surface area contributed by atoms with E-state index in [1.54, 1.807) is 10.8 Å². The Labute approximate surface area is 121 Å². The zero-order valence-corrected chi connectivity index (χ0v) is 12.4. The maximum atomic E-state index is 12.9. The van der Waals surface area contributed by atoms with E-state index in [1.165, 1.54) is 19.4 Å². The van der Waals surface area contributed by atoms with Crippen molar-refractivity contribution in [1.82, 2.24) is 13.9 Å². The highest BCUT2D eigenvalue weighted by atomic mass is 32.2. The molecule has 0 aliphatic carbocycles. The summed E-state index contributed by atoms with van der Waals surface area (Å²) in [4.78, 5) is 3.80. The normalized spacial score (nSPS) is 25.1. The van der Waals surface area contributed by atoms with E-state index in [4.69, 9.17) is 0 Å². The fourth-order valence-electron chi connectivity index (χ4n) is 2.70. The van der Waals surface area contributed by atoms with Gasteiger partial charge < -0.3 is 4.57 Å². The van der Waals surface area contributed by atoms with Crippen molar-refractivity contribution in [3.63, 3.8) is 0 Å². The minimum Gasteiger partial charge on any atom is -0.336 e. The van der Waals surface area contributed by atoms with Crippen LogP contribution in [0.5, 0.6) is 0 Å². The van der Waals surface area contributed by atoms with Gasteiger partial charge >= 0.3 is 6.18 Å². The third-order valence-corrected chi connectivity index (χ3v) is 5.80. The smallest absolute Gasteiger partial charge is 0.336 e. The highest BCUT2D eigenvalue weighted by Gasteiger charge is 2.48. The molecule has 0 amide bonds. The summed E-state index contributed by atoms with van der Waals surface area (Å²) < 4.78 is 66.0. The summed E-state index contributed by atoms with van der Waals surface area (Å²) in [5.41, 5.74) is 0. The van der Waals surface area contributed by atoms with Gasteiger partial charge in [-0.2, -0.15) is 17.5 Å². The van der Waals surface area contributed by atoms with Gasteiger partial charge in [-0.3, -0.25) is 0 Å². The zero-order chi connectivity index (χ0) is 15.7. The predicted molar refractivity (Wildman–Crippen MR) is 71.0 cm³/mol. The first kappa shape index (κ1) is 16.3. The molecule has 0 radical (unpaired) electrons. The lowest BCUT2D eigenvalue weighted by atomic mass is 9.91. The van der Waals surface area contributed by atoms with E-state index in [2.05, 4.69) is 4.98 Å². The van der Waals surface area contributed by atoms with Crippen molar-refractivity contribution < 1.29 is 21.6 Å². The second-order valence-corrected chi connectivity index (χ2v) is 7.30. The van der Waals surface area contributed by atoms with E-state index in [1.807, 2.05) is 0 Å². The Morgan fingerprint density at radius 3 is 2.67 bits per heavy atom. The van der Waals surface area contributed by atoms with Crippen molar-refractivity contribution in [3.8, 4) is 0 Å². The van der Waals surface area contributed by atoms with Crippen molar-refractivity contribution in [1.29, 1.82) is 0 Å². The number of halogens is 3. The lowest BCUT2D eigenvalue weighted by molar-refractivity contribution is -0.193. The zero-order valence-electron chi connectivity index (χ0n) is 11.6. The molecule has 1 saturated heterocycles. The lowest BCUT2D eigenvalue weighted by Crippen LogP contribution is -2.51. The number of aromatic nitrogens is 2. The van der Waals surface area contributed by atoms with E-state index in [0.29, 0.717) is 0 Å². The van der Waals surface area contributed by atoms with Crippen LogP contribution in [0.25, 0.3) is 0 Å². The third-order valence-electron chi connectivity index (χ3n) is 3.87. The lowest BCUT2D eigenvalue weighted by Gasteiger charge is -2.39. The predicted octanol–water partition coefficient (Wildman–Crippen LogP) is 1.88. The molecule has 0 saturated carbocycles. The van der Waals surface area contributed by atoms with Crippen LogP contribution in [0, 0.1) is 5.92 Å². The molecule has 1 aromatic rings. The Morgan fingerprint density at radius 2 is 2.10 bits per heavy atom. The van der Waals surface area contributed by atoms with E-state index >= 15 is 0 Å². The molecule has 5 nitrogen and oxygen atoms in total. The van der Waals surface area contributed by atoms with Crippen LogP contribution in [0.4, 0.5) is 13.2 Å². The average molecular weight is 325 g/mol. The van der Waals surface area contributed by atoms with Crippen molar-refractivity contribution in [2.24, 2.45) is 5.92 Å². The Morgan fingerprint density at radius 1 is 1.38 bits per heavy atom. The maximum Gasteiger partial charge on any atom is 0.393 e. The van der Waals surface area contributed by atoms with Crippen LogP contribution in [-0.2, 0) is 16.6 Å². The maximum absolute atomic E-state index is 12.9. The summed E-state index contributed by atoms with van der Waals surface area (Å²) in [7, 11) is -3.72. The molecule has 2 unspecified atom stereocenters. The van der Waals surface area contributed by atoms with Gasteiger partial charge in [-0.05, 0) is 19.8 Å². The Balaban J connectivity index is 2.08. The van der Waals surface area contributed by atoms with Gasteiger partial charge in [0.2, 0.25) is 10.0 Å². The third kappa shape index (κ3) is 3.76. The number of hydrogen-bond acceptors (Lipinski definition) is 3. The minimum atomic E-state index is -4.36. The summed E-state index contributed by atoms with van der Waals surface area (Å²) in [5, 5.41) is 0. The van der Waals surface area contributed by atoms with Gasteiger partial charge in [-0.1, -0.05) is 0 Å². The Hall–Kier alpha value is -1.09. The topological polar surface area (TPSA) is 55.2 Å². The van der Waals surface area contributed by atoms with Crippen molar-refractivity contribution >= 4 is 10.0 Å². The summed E-state index contributed by atoms with van der Waals surface area (Å²) in [6.07, 6.45) is 0.478. The standard InChI is InChI=1S/C12H18F3N3O2S/c1-10-11(12(13,14)15)3-2-5-18(10)21(19,20)8-7-17-6-4-16-9-17/h4,6,9-11H,2-3,5,7-8H2,1H3. The summed E-state index contributed by atoms with van der Waals surface area (Å²) in [6.45, 7) is 1.67. The molecule has 0 aromatic carbocycles. The van der Waals surface area contributed by atoms with Crippen LogP contribution < -0.4 is 0 Å². The summed E-state index contributed by atoms with van der Waals surface area (Å²) in [6, 6.07) is -1.05. The molecule has 1 aliphatic rings. The molecule has 2 atom stereocenters. The van der Waals surface area contributed by atoms with E-state index < -0.39 is 28.2 Å². The summed E-state index contributed by atoms with van der Waals surface area (Å²) >= 11 is 0. The van der Waals surface area contributed by atoms with Gasteiger partial charge in [0, 0.05) is 31.5 Å². The molecule has 2 heterocycles. The fraction of sp³-hybridized carbons (Fsp3) is 0.750. The first-order valence-electron chi connectivity index (χ1n) is 6.74. The second-order valence-electron chi connectivity index (χ2n) is 5.26. The molecule has 120 valence electrons. The van der Waals surface area contributed by atoms with Gasteiger partial charge in [0.25, 0.3) is 0 Å². The van der Waals surface area contributed by atoms with Crippen LogP contribution in [-0.4, -0.2) is 46.8 Å². The van der Waals surface area contributed by atoms with Crippen LogP contribution >= 0.6 is 0 Å². The van der Waals surface area contributed by atoms with Crippen LogP contribution in [0.2, 0.25) is 0 Å². The monoisotopic (exact) mass is 325 g/mol. The van der Waals surface area contributed by atoms with Crippen molar-refractivity contribution in [3.05, 3.63) is 18.7 Å². The molecule has 21 heavy (non-hydrogen) atoms. The van der Waals surface area contributed by atoms with Gasteiger partial charge in [-0.25, -0.2) is 13.4 Å². The molecular weight excluding hydrogens is 307 g/mol. The van der Waals surface area contributed by atoms with Crippen LogP contribution in [0.15, 0.2) is 18.7 Å². The SMILES string of the molecule is CC1C(C(F)(F)F)CCCN1S(=O)(=O)CCn1ccnc1. The molecule has 2 rings (SSSR count). The first-order valence-corrected chi connectivity index (χ1v) is 8.35. The van der Waals surface area contributed by atoms with Crippen molar-refractivity contribution in [2.75, 3.05) is 12.3 Å². The molecule has 0 spiro atoms. The van der Waals surface area contributed by atoms with Gasteiger partial charge in [-0.15, -0.1) is 0 Å².